The van der Waals surface area contributed by atoms with Crippen LogP contribution in [0, 0.1) is 13.8 Å². The highest BCUT2D eigenvalue weighted by atomic mass is 16.3. The van der Waals surface area contributed by atoms with Crippen LogP contribution in [0.25, 0.3) is 0 Å². The molecule has 0 spiro atoms. The Morgan fingerprint density at radius 3 is 2.52 bits per heavy atom. The van der Waals surface area contributed by atoms with Crippen LogP contribution in [0.5, 0.6) is 0 Å². The molecule has 0 fully saturated rings. The molecular formula is C19H27NO. The van der Waals surface area contributed by atoms with Crippen molar-refractivity contribution in [2.45, 2.75) is 52.5 Å². The zero-order chi connectivity index (χ0) is 15.1. The predicted molar refractivity (Wildman–Crippen MR) is 88.6 cm³/mol. The van der Waals surface area contributed by atoms with Crippen molar-refractivity contribution in [2.75, 3.05) is 6.54 Å². The molecule has 2 aromatic rings. The van der Waals surface area contributed by atoms with Gasteiger partial charge in [-0.25, -0.2) is 0 Å². The van der Waals surface area contributed by atoms with Crippen molar-refractivity contribution >= 4 is 0 Å². The van der Waals surface area contributed by atoms with Crippen molar-refractivity contribution in [2.24, 2.45) is 0 Å². The standard InChI is InChI=1S/C19H27NO/c1-4-13-20-19(18-14-15(2)21-16(18)3)12-8-11-17-9-6-5-7-10-17/h5-7,9-10,14,19-20H,4,8,11-13H2,1-3H3. The molecule has 0 aliphatic carbocycles. The van der Waals surface area contributed by atoms with Gasteiger partial charge in [0.1, 0.15) is 11.5 Å². The molecule has 1 unspecified atom stereocenters. The van der Waals surface area contributed by atoms with Gasteiger partial charge in [0.2, 0.25) is 0 Å². The minimum Gasteiger partial charge on any atom is -0.466 e. The Morgan fingerprint density at radius 2 is 1.90 bits per heavy atom. The molecule has 0 aliphatic rings. The predicted octanol–water partition coefficient (Wildman–Crippen LogP) is 4.96. The Bertz CT molecular complexity index is 530. The van der Waals surface area contributed by atoms with Crippen molar-refractivity contribution < 1.29 is 4.42 Å². The van der Waals surface area contributed by atoms with Gasteiger partial charge in [-0.2, -0.15) is 0 Å². The van der Waals surface area contributed by atoms with Crippen molar-refractivity contribution in [3.05, 3.63) is 59.0 Å². The monoisotopic (exact) mass is 285 g/mol. The summed E-state index contributed by atoms with van der Waals surface area (Å²) < 4.78 is 5.70. The summed E-state index contributed by atoms with van der Waals surface area (Å²) in [6.07, 6.45) is 4.63. The Hall–Kier alpha value is -1.54. The second-order valence-corrected chi connectivity index (χ2v) is 5.75. The highest BCUT2D eigenvalue weighted by Gasteiger charge is 2.16. The van der Waals surface area contributed by atoms with E-state index in [1.54, 1.807) is 0 Å². The molecule has 1 atom stereocenters. The van der Waals surface area contributed by atoms with Crippen LogP contribution < -0.4 is 5.32 Å². The molecule has 0 bridgehead atoms. The van der Waals surface area contributed by atoms with Crippen molar-refractivity contribution in [1.82, 2.24) is 5.32 Å². The second kappa shape index (κ2) is 8.04. The first-order valence-corrected chi connectivity index (χ1v) is 8.05. The zero-order valence-corrected chi connectivity index (χ0v) is 13.5. The number of benzene rings is 1. The van der Waals surface area contributed by atoms with E-state index in [4.69, 9.17) is 4.42 Å². The third kappa shape index (κ3) is 4.75. The Kier molecular flexibility index (Phi) is 6.06. The third-order valence-corrected chi connectivity index (χ3v) is 3.90. The Balaban J connectivity index is 1.95. The van der Waals surface area contributed by atoms with Crippen LogP contribution in [0.4, 0.5) is 0 Å². The normalized spacial score (nSPS) is 12.5. The number of rotatable bonds is 8. The molecule has 0 saturated heterocycles. The van der Waals surface area contributed by atoms with Crippen LogP contribution in [0.2, 0.25) is 0 Å². The molecule has 1 heterocycles. The van der Waals surface area contributed by atoms with Gasteiger partial charge in [0.05, 0.1) is 0 Å². The molecule has 2 heteroatoms. The first kappa shape index (κ1) is 15.8. The summed E-state index contributed by atoms with van der Waals surface area (Å²) in [7, 11) is 0. The molecular weight excluding hydrogens is 258 g/mol. The summed E-state index contributed by atoms with van der Waals surface area (Å²) in [5.74, 6) is 2.06. The lowest BCUT2D eigenvalue weighted by atomic mass is 9.99. The molecule has 1 N–H and O–H groups in total. The zero-order valence-electron chi connectivity index (χ0n) is 13.5. The molecule has 21 heavy (non-hydrogen) atoms. The van der Waals surface area contributed by atoms with Crippen molar-refractivity contribution in [3.63, 3.8) is 0 Å². The maximum Gasteiger partial charge on any atom is 0.105 e. The highest BCUT2D eigenvalue weighted by molar-refractivity contribution is 5.24. The van der Waals surface area contributed by atoms with Gasteiger partial charge in [0.15, 0.2) is 0 Å². The van der Waals surface area contributed by atoms with Gasteiger partial charge in [0.25, 0.3) is 0 Å². The lowest BCUT2D eigenvalue weighted by Gasteiger charge is -2.18. The average molecular weight is 285 g/mol. The summed E-state index contributed by atoms with van der Waals surface area (Å²) >= 11 is 0. The lowest BCUT2D eigenvalue weighted by Crippen LogP contribution is -2.22. The van der Waals surface area contributed by atoms with Crippen LogP contribution in [-0.4, -0.2) is 6.54 Å². The molecule has 2 rings (SSSR count). The number of hydrogen-bond donors (Lipinski definition) is 1. The minimum atomic E-state index is 0.408. The van der Waals surface area contributed by atoms with Crippen LogP contribution in [0.15, 0.2) is 40.8 Å². The maximum atomic E-state index is 5.70. The highest BCUT2D eigenvalue weighted by Crippen LogP contribution is 2.25. The van der Waals surface area contributed by atoms with Gasteiger partial charge >= 0.3 is 0 Å². The van der Waals surface area contributed by atoms with Gasteiger partial charge in [-0.15, -0.1) is 0 Å². The van der Waals surface area contributed by atoms with Crippen molar-refractivity contribution in [1.29, 1.82) is 0 Å². The molecule has 114 valence electrons. The van der Waals surface area contributed by atoms with Crippen LogP contribution in [0.3, 0.4) is 0 Å². The smallest absolute Gasteiger partial charge is 0.105 e. The summed E-state index contributed by atoms with van der Waals surface area (Å²) in [6.45, 7) is 7.36. The quantitative estimate of drug-likeness (QED) is 0.741. The first-order chi connectivity index (χ1) is 10.2. The lowest BCUT2D eigenvalue weighted by molar-refractivity contribution is 0.460. The molecule has 0 radical (unpaired) electrons. The van der Waals surface area contributed by atoms with Gasteiger partial charge in [-0.3, -0.25) is 0 Å². The summed E-state index contributed by atoms with van der Waals surface area (Å²) in [4.78, 5) is 0. The van der Waals surface area contributed by atoms with Crippen molar-refractivity contribution in [3.8, 4) is 0 Å². The van der Waals surface area contributed by atoms with E-state index in [0.717, 1.165) is 37.3 Å². The van der Waals surface area contributed by atoms with E-state index in [2.05, 4.69) is 55.6 Å². The molecule has 2 nitrogen and oxygen atoms in total. The number of aryl methyl sites for hydroxylation is 3. The van der Waals surface area contributed by atoms with Gasteiger partial charge in [-0.1, -0.05) is 37.3 Å². The van der Waals surface area contributed by atoms with Crippen LogP contribution in [-0.2, 0) is 6.42 Å². The maximum absolute atomic E-state index is 5.70. The van der Waals surface area contributed by atoms with Gasteiger partial charge in [0, 0.05) is 11.6 Å². The minimum absolute atomic E-state index is 0.408. The largest absolute Gasteiger partial charge is 0.466 e. The SMILES string of the molecule is CCCNC(CCCc1ccccc1)c1cc(C)oc1C. The van der Waals surface area contributed by atoms with Crippen LogP contribution >= 0.6 is 0 Å². The van der Waals surface area contributed by atoms with Gasteiger partial charge < -0.3 is 9.73 Å². The fraction of sp³-hybridized carbons (Fsp3) is 0.474. The number of nitrogens with one attached hydrogen (secondary N) is 1. The Morgan fingerprint density at radius 1 is 1.14 bits per heavy atom. The number of hydrogen-bond acceptors (Lipinski definition) is 2. The summed E-state index contributed by atoms with van der Waals surface area (Å²) in [5.41, 5.74) is 2.75. The summed E-state index contributed by atoms with van der Waals surface area (Å²) in [6, 6.07) is 13.3. The number of furan rings is 1. The molecule has 0 saturated carbocycles. The van der Waals surface area contributed by atoms with E-state index >= 15 is 0 Å². The molecule has 0 amide bonds. The van der Waals surface area contributed by atoms with Gasteiger partial charge in [-0.05, 0) is 57.7 Å². The van der Waals surface area contributed by atoms with E-state index in [1.165, 1.54) is 17.5 Å². The van der Waals surface area contributed by atoms with E-state index in [0.29, 0.717) is 6.04 Å². The third-order valence-electron chi connectivity index (χ3n) is 3.90. The fourth-order valence-corrected chi connectivity index (χ4v) is 2.84. The first-order valence-electron chi connectivity index (χ1n) is 8.05. The molecule has 0 aliphatic heterocycles. The van der Waals surface area contributed by atoms with Crippen LogP contribution in [0.1, 0.15) is 54.9 Å². The van der Waals surface area contributed by atoms with E-state index < -0.39 is 0 Å². The summed E-state index contributed by atoms with van der Waals surface area (Å²) in [5, 5.41) is 3.67. The fourth-order valence-electron chi connectivity index (χ4n) is 2.84. The average Bonchev–Trinajstić information content (AvgIpc) is 2.82. The van der Waals surface area contributed by atoms with E-state index in [1.807, 2.05) is 6.92 Å². The molecule has 1 aromatic carbocycles. The second-order valence-electron chi connectivity index (χ2n) is 5.75. The van der Waals surface area contributed by atoms with E-state index in [-0.39, 0.29) is 0 Å². The molecule has 1 aromatic heterocycles. The van der Waals surface area contributed by atoms with E-state index in [9.17, 15) is 0 Å². The Labute approximate surface area is 128 Å². The topological polar surface area (TPSA) is 25.2 Å².